The van der Waals surface area contributed by atoms with Gasteiger partial charge in [0.1, 0.15) is 24.7 Å². The van der Waals surface area contributed by atoms with Gasteiger partial charge in [-0.2, -0.15) is 0 Å². The van der Waals surface area contributed by atoms with E-state index < -0.39 is 54.8 Å². The molecular formula is C19H28N4O6. The standard InChI is InChI=1S/C19H28N4O6/c1-11(2)16(19(28)29-10-12-6-4-3-5-7-12)23-18(27)14(8-15(21)25)22-17(26)13(20)9-24/h3-7,11,13-14,16,24H,8-10,20H2,1-2H3,(H2,21,25)(H,22,26)(H,23,27)/t13-,14-,16-/m0/s1. The van der Waals surface area contributed by atoms with Crippen LogP contribution in [0, 0.1) is 5.92 Å². The Morgan fingerprint density at radius 1 is 1.07 bits per heavy atom. The summed E-state index contributed by atoms with van der Waals surface area (Å²) in [5.74, 6) is -3.45. The quantitative estimate of drug-likeness (QED) is 0.278. The normalized spacial score (nSPS) is 13.8. The van der Waals surface area contributed by atoms with Crippen LogP contribution in [0.4, 0.5) is 0 Å². The Bertz CT molecular complexity index is 710. The lowest BCUT2D eigenvalue weighted by Crippen LogP contribution is -2.57. The molecule has 1 aromatic carbocycles. The highest BCUT2D eigenvalue weighted by Gasteiger charge is 2.31. The van der Waals surface area contributed by atoms with Crippen LogP contribution in [0.1, 0.15) is 25.8 Å². The Kier molecular flexibility index (Phi) is 9.76. The topological polar surface area (TPSA) is 174 Å². The second kappa shape index (κ2) is 11.8. The van der Waals surface area contributed by atoms with E-state index in [1.807, 2.05) is 6.07 Å². The summed E-state index contributed by atoms with van der Waals surface area (Å²) in [6.45, 7) is 2.80. The van der Waals surface area contributed by atoms with E-state index >= 15 is 0 Å². The van der Waals surface area contributed by atoms with Crippen LogP contribution in [0.15, 0.2) is 30.3 Å². The molecule has 0 aromatic heterocycles. The summed E-state index contributed by atoms with van der Waals surface area (Å²) < 4.78 is 5.26. The molecule has 0 spiro atoms. The second-order valence-electron chi connectivity index (χ2n) is 6.84. The van der Waals surface area contributed by atoms with Crippen LogP contribution in [0.2, 0.25) is 0 Å². The van der Waals surface area contributed by atoms with E-state index in [-0.39, 0.29) is 12.5 Å². The molecule has 0 heterocycles. The molecule has 1 aromatic rings. The summed E-state index contributed by atoms with van der Waals surface area (Å²) in [5.41, 5.74) is 11.3. The Balaban J connectivity index is 2.81. The number of carbonyl (C=O) groups excluding carboxylic acids is 4. The minimum absolute atomic E-state index is 0.0333. The molecule has 0 fully saturated rings. The molecule has 1 rings (SSSR count). The van der Waals surface area contributed by atoms with Crippen molar-refractivity contribution in [3.05, 3.63) is 35.9 Å². The van der Waals surface area contributed by atoms with Crippen molar-refractivity contribution in [1.29, 1.82) is 0 Å². The molecule has 0 radical (unpaired) electrons. The maximum Gasteiger partial charge on any atom is 0.329 e. The molecule has 0 aliphatic rings. The average molecular weight is 408 g/mol. The van der Waals surface area contributed by atoms with Crippen LogP contribution in [-0.2, 0) is 30.5 Å². The first-order valence-electron chi connectivity index (χ1n) is 9.11. The predicted octanol–water partition coefficient (Wildman–Crippen LogP) is -1.45. The lowest BCUT2D eigenvalue weighted by molar-refractivity contribution is -0.150. The van der Waals surface area contributed by atoms with Gasteiger partial charge in [0.05, 0.1) is 13.0 Å². The van der Waals surface area contributed by atoms with Gasteiger partial charge in [-0.25, -0.2) is 4.79 Å². The van der Waals surface area contributed by atoms with Gasteiger partial charge < -0.3 is 31.9 Å². The number of rotatable bonds is 11. The van der Waals surface area contributed by atoms with Crippen LogP contribution in [0.25, 0.3) is 0 Å². The molecule has 29 heavy (non-hydrogen) atoms. The van der Waals surface area contributed by atoms with Crippen LogP contribution in [0.3, 0.4) is 0 Å². The molecule has 0 aliphatic carbocycles. The molecule has 160 valence electrons. The highest BCUT2D eigenvalue weighted by molar-refractivity contribution is 5.94. The maximum absolute atomic E-state index is 12.6. The zero-order valence-electron chi connectivity index (χ0n) is 16.5. The monoisotopic (exact) mass is 408 g/mol. The number of hydrogen-bond acceptors (Lipinski definition) is 7. The van der Waals surface area contributed by atoms with E-state index in [0.717, 1.165) is 5.56 Å². The van der Waals surface area contributed by atoms with Crippen LogP contribution in [-0.4, -0.2) is 53.5 Å². The fourth-order valence-corrected chi connectivity index (χ4v) is 2.34. The van der Waals surface area contributed by atoms with Gasteiger partial charge in [-0.3, -0.25) is 14.4 Å². The number of hydrogen-bond donors (Lipinski definition) is 5. The Hall–Kier alpha value is -2.98. The number of primary amides is 1. The van der Waals surface area contributed by atoms with Gasteiger partial charge in [-0.15, -0.1) is 0 Å². The number of amides is 3. The number of aliphatic hydroxyl groups excluding tert-OH is 1. The minimum Gasteiger partial charge on any atom is -0.459 e. The second-order valence-corrected chi connectivity index (χ2v) is 6.84. The molecule has 0 unspecified atom stereocenters. The molecule has 3 atom stereocenters. The first kappa shape index (κ1) is 24.1. The van der Waals surface area contributed by atoms with E-state index in [1.54, 1.807) is 38.1 Å². The van der Waals surface area contributed by atoms with E-state index in [9.17, 15) is 19.2 Å². The number of nitrogens with two attached hydrogens (primary N) is 2. The summed E-state index contributed by atoms with van der Waals surface area (Å²) >= 11 is 0. The Morgan fingerprint density at radius 3 is 2.21 bits per heavy atom. The third kappa shape index (κ3) is 8.28. The van der Waals surface area contributed by atoms with Gasteiger partial charge in [-0.05, 0) is 11.5 Å². The van der Waals surface area contributed by atoms with E-state index in [1.165, 1.54) is 0 Å². The van der Waals surface area contributed by atoms with E-state index in [2.05, 4.69) is 10.6 Å². The number of nitrogens with one attached hydrogen (secondary N) is 2. The zero-order valence-corrected chi connectivity index (χ0v) is 16.5. The number of esters is 1. The largest absolute Gasteiger partial charge is 0.459 e. The first-order chi connectivity index (χ1) is 13.6. The van der Waals surface area contributed by atoms with Crippen molar-refractivity contribution in [3.63, 3.8) is 0 Å². The van der Waals surface area contributed by atoms with Crippen molar-refractivity contribution in [3.8, 4) is 0 Å². The molecule has 3 amide bonds. The molecule has 0 bridgehead atoms. The maximum atomic E-state index is 12.6. The van der Waals surface area contributed by atoms with Crippen molar-refractivity contribution in [1.82, 2.24) is 10.6 Å². The third-order valence-corrected chi connectivity index (χ3v) is 4.01. The predicted molar refractivity (Wildman–Crippen MR) is 104 cm³/mol. The van der Waals surface area contributed by atoms with Crippen molar-refractivity contribution < 1.29 is 29.0 Å². The molecule has 7 N–H and O–H groups in total. The van der Waals surface area contributed by atoms with Gasteiger partial charge in [0.25, 0.3) is 0 Å². The van der Waals surface area contributed by atoms with Crippen LogP contribution >= 0.6 is 0 Å². The summed E-state index contributed by atoms with van der Waals surface area (Å²) in [7, 11) is 0. The van der Waals surface area contributed by atoms with Gasteiger partial charge in [0, 0.05) is 0 Å². The molecular weight excluding hydrogens is 380 g/mol. The number of benzene rings is 1. The molecule has 10 nitrogen and oxygen atoms in total. The summed E-state index contributed by atoms with van der Waals surface area (Å²) in [6.07, 6.45) is -0.500. The molecule has 10 heteroatoms. The first-order valence-corrected chi connectivity index (χ1v) is 9.11. The van der Waals surface area contributed by atoms with Crippen molar-refractivity contribution >= 4 is 23.7 Å². The highest BCUT2D eigenvalue weighted by Crippen LogP contribution is 2.08. The average Bonchev–Trinajstić information content (AvgIpc) is 2.68. The van der Waals surface area contributed by atoms with Crippen molar-refractivity contribution in [2.45, 2.75) is 45.0 Å². The SMILES string of the molecule is CC(C)[C@H](NC(=O)[C@H](CC(N)=O)NC(=O)[C@@H](N)CO)C(=O)OCc1ccccc1. The fraction of sp³-hybridized carbons (Fsp3) is 0.474. The lowest BCUT2D eigenvalue weighted by atomic mass is 10.0. The van der Waals surface area contributed by atoms with E-state index in [4.69, 9.17) is 21.3 Å². The Morgan fingerprint density at radius 2 is 1.69 bits per heavy atom. The fourth-order valence-electron chi connectivity index (χ4n) is 2.34. The summed E-state index contributed by atoms with van der Waals surface area (Å²) in [5, 5.41) is 13.7. The van der Waals surface area contributed by atoms with Gasteiger partial charge in [0.2, 0.25) is 17.7 Å². The lowest BCUT2D eigenvalue weighted by Gasteiger charge is -2.24. The molecule has 0 saturated heterocycles. The number of carbonyl (C=O) groups is 4. The Labute approximate surface area is 169 Å². The van der Waals surface area contributed by atoms with Crippen LogP contribution < -0.4 is 22.1 Å². The highest BCUT2D eigenvalue weighted by atomic mass is 16.5. The summed E-state index contributed by atoms with van der Waals surface area (Å²) in [6, 6.07) is 5.40. The third-order valence-electron chi connectivity index (χ3n) is 4.01. The summed E-state index contributed by atoms with van der Waals surface area (Å²) in [4.78, 5) is 48.2. The molecule has 0 aliphatic heterocycles. The van der Waals surface area contributed by atoms with Gasteiger partial charge >= 0.3 is 5.97 Å². The smallest absolute Gasteiger partial charge is 0.329 e. The minimum atomic E-state index is -1.35. The molecule has 0 saturated carbocycles. The zero-order chi connectivity index (χ0) is 22.0. The van der Waals surface area contributed by atoms with Crippen molar-refractivity contribution in [2.75, 3.05) is 6.61 Å². The van der Waals surface area contributed by atoms with Gasteiger partial charge in [0.15, 0.2) is 0 Å². The van der Waals surface area contributed by atoms with Crippen molar-refractivity contribution in [2.24, 2.45) is 17.4 Å². The number of aliphatic hydroxyl groups is 1. The van der Waals surface area contributed by atoms with Gasteiger partial charge in [-0.1, -0.05) is 44.2 Å². The van der Waals surface area contributed by atoms with Crippen LogP contribution in [0.5, 0.6) is 0 Å². The van der Waals surface area contributed by atoms with E-state index in [0.29, 0.717) is 0 Å². The number of ether oxygens (including phenoxy) is 1.